The maximum atomic E-state index is 12.2. The number of thioether (sulfide) groups is 1. The zero-order valence-corrected chi connectivity index (χ0v) is 14.7. The highest BCUT2D eigenvalue weighted by molar-refractivity contribution is 7.99. The molecule has 1 amide bonds. The van der Waals surface area contributed by atoms with Gasteiger partial charge < -0.3 is 10.1 Å². The molecule has 0 saturated carbocycles. The van der Waals surface area contributed by atoms with Crippen molar-refractivity contribution in [3.63, 3.8) is 0 Å². The van der Waals surface area contributed by atoms with Crippen LogP contribution in [0.1, 0.15) is 30.4 Å². The van der Waals surface area contributed by atoms with Gasteiger partial charge in [-0.25, -0.2) is 0 Å². The number of aryl methyl sites for hydroxylation is 1. The van der Waals surface area contributed by atoms with Crippen LogP contribution in [0.2, 0.25) is 0 Å². The smallest absolute Gasteiger partial charge is 0.226 e. The molecule has 3 rings (SSSR count). The van der Waals surface area contributed by atoms with E-state index in [1.807, 2.05) is 18.7 Å². The summed E-state index contributed by atoms with van der Waals surface area (Å²) in [5.41, 5.74) is 3.33. The van der Waals surface area contributed by atoms with E-state index < -0.39 is 0 Å². The molecule has 2 aliphatic rings. The van der Waals surface area contributed by atoms with Crippen LogP contribution in [-0.2, 0) is 16.1 Å². The largest absolute Gasteiger partial charge is 0.378 e. The molecule has 2 heterocycles. The van der Waals surface area contributed by atoms with Crippen LogP contribution in [0.5, 0.6) is 0 Å². The number of hydrogen-bond acceptors (Lipinski definition) is 4. The Balaban J connectivity index is 1.59. The summed E-state index contributed by atoms with van der Waals surface area (Å²) < 4.78 is 5.55. The Morgan fingerprint density at radius 3 is 2.96 bits per heavy atom. The molecule has 23 heavy (non-hydrogen) atoms. The first-order chi connectivity index (χ1) is 11.2. The van der Waals surface area contributed by atoms with Crippen LogP contribution in [0.3, 0.4) is 0 Å². The van der Waals surface area contributed by atoms with Gasteiger partial charge in [0.1, 0.15) is 0 Å². The monoisotopic (exact) mass is 334 g/mol. The van der Waals surface area contributed by atoms with E-state index in [1.165, 1.54) is 17.1 Å². The first-order valence-corrected chi connectivity index (χ1v) is 9.67. The number of ether oxygens (including phenoxy) is 1. The zero-order chi connectivity index (χ0) is 16.1. The van der Waals surface area contributed by atoms with E-state index in [0.717, 1.165) is 50.3 Å². The molecule has 4 nitrogen and oxygen atoms in total. The number of anilines is 1. The van der Waals surface area contributed by atoms with E-state index in [2.05, 4.69) is 28.4 Å². The molecule has 1 N–H and O–H groups in total. The molecule has 2 saturated heterocycles. The summed E-state index contributed by atoms with van der Waals surface area (Å²) >= 11 is 2.03. The van der Waals surface area contributed by atoms with Crippen molar-refractivity contribution in [3.05, 3.63) is 29.3 Å². The van der Waals surface area contributed by atoms with Gasteiger partial charge in [0, 0.05) is 43.4 Å². The summed E-state index contributed by atoms with van der Waals surface area (Å²) in [6.07, 6.45) is 2.64. The molecule has 1 aromatic rings. The summed E-state index contributed by atoms with van der Waals surface area (Å²) in [4.78, 5) is 14.7. The Bertz CT molecular complexity index is 538. The lowest BCUT2D eigenvalue weighted by atomic mass is 10.1. The van der Waals surface area contributed by atoms with Gasteiger partial charge in [0.25, 0.3) is 0 Å². The Labute approximate surface area is 143 Å². The fraction of sp³-hybridized carbons (Fsp3) is 0.611. The Hall–Kier alpha value is -1.04. The van der Waals surface area contributed by atoms with Crippen LogP contribution in [-0.4, -0.2) is 48.1 Å². The second kappa shape index (κ2) is 8.18. The van der Waals surface area contributed by atoms with Gasteiger partial charge >= 0.3 is 0 Å². The number of nitrogens with one attached hydrogen (secondary N) is 1. The molecule has 1 aromatic carbocycles. The lowest BCUT2D eigenvalue weighted by molar-refractivity contribution is -0.118. The first kappa shape index (κ1) is 16.8. The van der Waals surface area contributed by atoms with E-state index >= 15 is 0 Å². The van der Waals surface area contributed by atoms with E-state index in [9.17, 15) is 4.79 Å². The molecule has 0 radical (unpaired) electrons. The number of hydrogen-bond donors (Lipinski definition) is 1. The van der Waals surface area contributed by atoms with Gasteiger partial charge in [0.2, 0.25) is 5.91 Å². The fourth-order valence-electron chi connectivity index (χ4n) is 3.13. The number of benzene rings is 1. The SMILES string of the molecule is Cc1ccc(CN2CCSCC2)cc1NC(=O)C[C@@H]1CCCO1. The minimum absolute atomic E-state index is 0.0616. The minimum atomic E-state index is 0.0616. The predicted octanol–water partition coefficient (Wildman–Crippen LogP) is 3.05. The zero-order valence-electron chi connectivity index (χ0n) is 13.8. The molecule has 0 bridgehead atoms. The van der Waals surface area contributed by atoms with Crippen LogP contribution >= 0.6 is 11.8 Å². The Morgan fingerprint density at radius 1 is 1.39 bits per heavy atom. The minimum Gasteiger partial charge on any atom is -0.378 e. The van der Waals surface area contributed by atoms with Crippen LogP contribution in [0.15, 0.2) is 18.2 Å². The highest BCUT2D eigenvalue weighted by atomic mass is 32.2. The van der Waals surface area contributed by atoms with Crippen LogP contribution < -0.4 is 5.32 Å². The third kappa shape index (κ3) is 4.96. The first-order valence-electron chi connectivity index (χ1n) is 8.52. The molecule has 0 aliphatic carbocycles. The van der Waals surface area contributed by atoms with E-state index in [-0.39, 0.29) is 12.0 Å². The number of nitrogens with zero attached hydrogens (tertiary/aromatic N) is 1. The van der Waals surface area contributed by atoms with Crippen molar-refractivity contribution in [2.75, 3.05) is 36.5 Å². The second-order valence-electron chi connectivity index (χ2n) is 6.43. The second-order valence-corrected chi connectivity index (χ2v) is 7.65. The molecular formula is C18H26N2O2S. The number of carbonyl (C=O) groups excluding carboxylic acids is 1. The maximum Gasteiger partial charge on any atom is 0.226 e. The van der Waals surface area contributed by atoms with Gasteiger partial charge in [-0.05, 0) is 37.0 Å². The summed E-state index contributed by atoms with van der Waals surface area (Å²) in [7, 11) is 0. The van der Waals surface area contributed by atoms with Gasteiger partial charge in [0.15, 0.2) is 0 Å². The van der Waals surface area contributed by atoms with Crippen molar-refractivity contribution in [1.29, 1.82) is 0 Å². The molecule has 0 unspecified atom stereocenters. The topological polar surface area (TPSA) is 41.6 Å². The highest BCUT2D eigenvalue weighted by Gasteiger charge is 2.19. The van der Waals surface area contributed by atoms with Gasteiger partial charge in [-0.15, -0.1) is 0 Å². The van der Waals surface area contributed by atoms with Crippen LogP contribution in [0.4, 0.5) is 5.69 Å². The molecule has 5 heteroatoms. The molecule has 0 aromatic heterocycles. The number of rotatable bonds is 5. The van der Waals surface area contributed by atoms with Gasteiger partial charge in [-0.1, -0.05) is 12.1 Å². The lowest BCUT2D eigenvalue weighted by Gasteiger charge is -2.26. The molecular weight excluding hydrogens is 308 g/mol. The van der Waals surface area contributed by atoms with Crippen molar-refractivity contribution in [2.45, 2.75) is 38.8 Å². The van der Waals surface area contributed by atoms with E-state index in [1.54, 1.807) is 0 Å². The van der Waals surface area contributed by atoms with E-state index in [0.29, 0.717) is 6.42 Å². The predicted molar refractivity (Wildman–Crippen MR) is 96.0 cm³/mol. The van der Waals surface area contributed by atoms with Crippen molar-refractivity contribution in [2.24, 2.45) is 0 Å². The molecule has 2 aliphatic heterocycles. The average molecular weight is 334 g/mol. The van der Waals surface area contributed by atoms with Crippen molar-refractivity contribution >= 4 is 23.4 Å². The summed E-state index contributed by atoms with van der Waals surface area (Å²) in [6, 6.07) is 6.41. The average Bonchev–Trinajstić information content (AvgIpc) is 3.04. The number of amides is 1. The Morgan fingerprint density at radius 2 is 2.22 bits per heavy atom. The third-order valence-corrected chi connectivity index (χ3v) is 5.47. The number of carbonyl (C=O) groups is 1. The fourth-order valence-corrected chi connectivity index (χ4v) is 4.11. The Kier molecular flexibility index (Phi) is 5.97. The molecule has 1 atom stereocenters. The maximum absolute atomic E-state index is 12.2. The quantitative estimate of drug-likeness (QED) is 0.899. The summed E-state index contributed by atoms with van der Waals surface area (Å²) in [6.45, 7) is 6.11. The van der Waals surface area contributed by atoms with Gasteiger partial charge in [-0.3, -0.25) is 9.69 Å². The van der Waals surface area contributed by atoms with Gasteiger partial charge in [0.05, 0.1) is 12.5 Å². The van der Waals surface area contributed by atoms with Crippen molar-refractivity contribution in [3.8, 4) is 0 Å². The van der Waals surface area contributed by atoms with Crippen molar-refractivity contribution < 1.29 is 9.53 Å². The standard InChI is InChI=1S/C18H26N2O2S/c1-14-4-5-15(13-20-6-9-23-10-7-20)11-17(14)19-18(21)12-16-3-2-8-22-16/h4-5,11,16H,2-3,6-10,12-13H2,1H3,(H,19,21)/t16-/m0/s1. The van der Waals surface area contributed by atoms with Gasteiger partial charge in [-0.2, -0.15) is 11.8 Å². The molecule has 126 valence electrons. The third-order valence-electron chi connectivity index (χ3n) is 4.52. The summed E-state index contributed by atoms with van der Waals surface area (Å²) in [5, 5.41) is 3.07. The molecule has 2 fully saturated rings. The van der Waals surface area contributed by atoms with E-state index in [4.69, 9.17) is 4.74 Å². The summed E-state index contributed by atoms with van der Waals surface area (Å²) in [5.74, 6) is 2.50. The highest BCUT2D eigenvalue weighted by Crippen LogP contribution is 2.21. The van der Waals surface area contributed by atoms with Crippen LogP contribution in [0, 0.1) is 6.92 Å². The lowest BCUT2D eigenvalue weighted by Crippen LogP contribution is -2.32. The normalized spacial score (nSPS) is 22.2. The van der Waals surface area contributed by atoms with Crippen LogP contribution in [0.25, 0.3) is 0 Å². The molecule has 0 spiro atoms. The van der Waals surface area contributed by atoms with Crippen molar-refractivity contribution in [1.82, 2.24) is 4.90 Å².